The lowest BCUT2D eigenvalue weighted by Crippen LogP contribution is -2.32. The van der Waals surface area contributed by atoms with Crippen LogP contribution in [0.25, 0.3) is 0 Å². The van der Waals surface area contributed by atoms with E-state index in [1.807, 2.05) is 18.2 Å². The van der Waals surface area contributed by atoms with Crippen molar-refractivity contribution in [1.82, 2.24) is 0 Å². The summed E-state index contributed by atoms with van der Waals surface area (Å²) in [7, 11) is 0. The predicted octanol–water partition coefficient (Wildman–Crippen LogP) is 2.66. The van der Waals surface area contributed by atoms with Crippen LogP contribution in [0, 0.1) is 5.92 Å². The van der Waals surface area contributed by atoms with Gasteiger partial charge in [-0.15, -0.1) is 0 Å². The first-order valence-corrected chi connectivity index (χ1v) is 5.33. The van der Waals surface area contributed by atoms with Crippen molar-refractivity contribution in [3.05, 3.63) is 42.0 Å². The van der Waals surface area contributed by atoms with Crippen LogP contribution in [0.1, 0.15) is 24.3 Å². The first-order chi connectivity index (χ1) is 7.36. The minimum Gasteiger partial charge on any atom is -0.426 e. The number of para-hydroxylation sites is 1. The Morgan fingerprint density at radius 2 is 2.13 bits per heavy atom. The summed E-state index contributed by atoms with van der Waals surface area (Å²) in [5, 5.41) is 0. The van der Waals surface area contributed by atoms with Gasteiger partial charge in [0, 0.05) is 11.5 Å². The van der Waals surface area contributed by atoms with Crippen molar-refractivity contribution in [3.63, 3.8) is 0 Å². The molecule has 0 amide bonds. The molecule has 1 aliphatic carbocycles. The second-order valence-electron chi connectivity index (χ2n) is 4.10. The Kier molecular flexibility index (Phi) is 1.88. The molecule has 2 nitrogen and oxygen atoms in total. The summed E-state index contributed by atoms with van der Waals surface area (Å²) >= 11 is 0. The van der Waals surface area contributed by atoms with E-state index in [-0.39, 0.29) is 17.8 Å². The van der Waals surface area contributed by atoms with Gasteiger partial charge in [0.15, 0.2) is 0 Å². The van der Waals surface area contributed by atoms with Gasteiger partial charge in [-0.05, 0) is 18.9 Å². The summed E-state index contributed by atoms with van der Waals surface area (Å²) in [5.41, 5.74) is 1.15. The molecule has 15 heavy (non-hydrogen) atoms. The number of esters is 1. The van der Waals surface area contributed by atoms with Gasteiger partial charge in [-0.1, -0.05) is 30.4 Å². The third-order valence-electron chi connectivity index (χ3n) is 3.21. The SMILES string of the molecule is O=C1Oc2ccccc2[C@H]2C=CCC[C@H]12. The first-order valence-electron chi connectivity index (χ1n) is 5.33. The van der Waals surface area contributed by atoms with Gasteiger partial charge in [-0.2, -0.15) is 0 Å². The summed E-state index contributed by atoms with van der Waals surface area (Å²) in [6, 6.07) is 7.82. The molecular formula is C13H12O2. The Morgan fingerprint density at radius 3 is 3.07 bits per heavy atom. The maximum atomic E-state index is 11.7. The number of allylic oxidation sites excluding steroid dienone is 2. The smallest absolute Gasteiger partial charge is 0.315 e. The zero-order valence-corrected chi connectivity index (χ0v) is 8.35. The number of hydrogen-bond acceptors (Lipinski definition) is 2. The van der Waals surface area contributed by atoms with Crippen molar-refractivity contribution >= 4 is 5.97 Å². The summed E-state index contributed by atoms with van der Waals surface area (Å²) in [6.45, 7) is 0. The fourth-order valence-corrected chi connectivity index (χ4v) is 2.45. The van der Waals surface area contributed by atoms with Gasteiger partial charge in [0.25, 0.3) is 0 Å². The lowest BCUT2D eigenvalue weighted by molar-refractivity contribution is -0.141. The number of fused-ring (bicyclic) bond motifs is 3. The molecular weight excluding hydrogens is 188 g/mol. The van der Waals surface area contributed by atoms with E-state index in [9.17, 15) is 4.79 Å². The van der Waals surface area contributed by atoms with E-state index < -0.39 is 0 Å². The summed E-state index contributed by atoms with van der Waals surface area (Å²) in [5.74, 6) is 0.930. The third kappa shape index (κ3) is 1.29. The summed E-state index contributed by atoms with van der Waals surface area (Å²) in [6.07, 6.45) is 6.21. The number of benzene rings is 1. The van der Waals surface area contributed by atoms with Crippen molar-refractivity contribution in [1.29, 1.82) is 0 Å². The molecule has 0 radical (unpaired) electrons. The van der Waals surface area contributed by atoms with Gasteiger partial charge >= 0.3 is 5.97 Å². The molecule has 0 unspecified atom stereocenters. The highest BCUT2D eigenvalue weighted by Gasteiger charge is 2.36. The van der Waals surface area contributed by atoms with E-state index in [1.54, 1.807) is 0 Å². The van der Waals surface area contributed by atoms with Crippen LogP contribution in [-0.4, -0.2) is 5.97 Å². The van der Waals surface area contributed by atoms with Crippen LogP contribution in [0.2, 0.25) is 0 Å². The number of rotatable bonds is 0. The highest BCUT2D eigenvalue weighted by molar-refractivity contribution is 5.80. The summed E-state index contributed by atoms with van der Waals surface area (Å²) in [4.78, 5) is 11.7. The van der Waals surface area contributed by atoms with Crippen LogP contribution in [0.3, 0.4) is 0 Å². The lowest BCUT2D eigenvalue weighted by atomic mass is 9.78. The zero-order chi connectivity index (χ0) is 10.3. The zero-order valence-electron chi connectivity index (χ0n) is 8.35. The van der Waals surface area contributed by atoms with Gasteiger partial charge in [0.2, 0.25) is 0 Å². The Labute approximate surface area is 88.6 Å². The second-order valence-corrected chi connectivity index (χ2v) is 4.10. The molecule has 0 fully saturated rings. The fourth-order valence-electron chi connectivity index (χ4n) is 2.45. The molecule has 0 aromatic heterocycles. The van der Waals surface area contributed by atoms with Crippen LogP contribution in [0.5, 0.6) is 5.75 Å². The lowest BCUT2D eigenvalue weighted by Gasteiger charge is -2.31. The molecule has 76 valence electrons. The highest BCUT2D eigenvalue weighted by Crippen LogP contribution is 2.42. The van der Waals surface area contributed by atoms with Crippen molar-refractivity contribution in [2.75, 3.05) is 0 Å². The van der Waals surface area contributed by atoms with Crippen molar-refractivity contribution in [3.8, 4) is 5.75 Å². The molecule has 1 aromatic rings. The van der Waals surface area contributed by atoms with Crippen LogP contribution in [0.15, 0.2) is 36.4 Å². The van der Waals surface area contributed by atoms with Gasteiger partial charge < -0.3 is 4.74 Å². The quantitative estimate of drug-likeness (QED) is 0.365. The molecule has 0 bridgehead atoms. The monoisotopic (exact) mass is 200 g/mol. The maximum Gasteiger partial charge on any atom is 0.315 e. The number of carbonyl (C=O) groups is 1. The van der Waals surface area contributed by atoms with Crippen LogP contribution in [-0.2, 0) is 4.79 Å². The van der Waals surface area contributed by atoms with Crippen molar-refractivity contribution < 1.29 is 9.53 Å². The highest BCUT2D eigenvalue weighted by atomic mass is 16.5. The molecule has 0 N–H and O–H groups in total. The van der Waals surface area contributed by atoms with Crippen LogP contribution < -0.4 is 4.74 Å². The molecule has 3 rings (SSSR count). The van der Waals surface area contributed by atoms with E-state index in [0.29, 0.717) is 0 Å². The van der Waals surface area contributed by atoms with E-state index in [0.717, 1.165) is 24.2 Å². The molecule has 2 atom stereocenters. The third-order valence-corrected chi connectivity index (χ3v) is 3.21. The molecule has 2 aliphatic rings. The van der Waals surface area contributed by atoms with E-state index in [4.69, 9.17) is 4.74 Å². The molecule has 0 saturated carbocycles. The normalized spacial score (nSPS) is 27.9. The van der Waals surface area contributed by atoms with E-state index in [1.165, 1.54) is 0 Å². The van der Waals surface area contributed by atoms with E-state index >= 15 is 0 Å². The number of ether oxygens (including phenoxy) is 1. The second kappa shape index (κ2) is 3.23. The molecule has 1 aliphatic heterocycles. The van der Waals surface area contributed by atoms with Crippen molar-refractivity contribution in [2.45, 2.75) is 18.8 Å². The van der Waals surface area contributed by atoms with Crippen LogP contribution in [0.4, 0.5) is 0 Å². The average Bonchev–Trinajstić information content (AvgIpc) is 2.30. The van der Waals surface area contributed by atoms with Gasteiger partial charge in [0.05, 0.1) is 5.92 Å². The molecule has 1 aromatic carbocycles. The fraction of sp³-hybridized carbons (Fsp3) is 0.308. The average molecular weight is 200 g/mol. The Morgan fingerprint density at radius 1 is 1.27 bits per heavy atom. The van der Waals surface area contributed by atoms with Crippen LogP contribution >= 0.6 is 0 Å². The number of carbonyl (C=O) groups excluding carboxylic acids is 1. The standard InChI is InChI=1S/C13H12O2/c14-13-11-7-2-1-5-9(11)10-6-3-4-8-12(10)15-13/h1,3-6,8-9,11H,2,7H2/t9-,11+/m1/s1. The minimum absolute atomic E-state index is 0.0323. The summed E-state index contributed by atoms with van der Waals surface area (Å²) < 4.78 is 5.33. The van der Waals surface area contributed by atoms with Gasteiger partial charge in [-0.3, -0.25) is 4.79 Å². The largest absolute Gasteiger partial charge is 0.426 e. The number of hydrogen-bond donors (Lipinski definition) is 0. The van der Waals surface area contributed by atoms with Crippen molar-refractivity contribution in [2.24, 2.45) is 5.92 Å². The minimum atomic E-state index is -0.0666. The topological polar surface area (TPSA) is 26.3 Å². The molecule has 2 heteroatoms. The molecule has 1 heterocycles. The molecule has 0 spiro atoms. The first kappa shape index (κ1) is 8.72. The maximum absolute atomic E-state index is 11.7. The Balaban J connectivity index is 2.13. The van der Waals surface area contributed by atoms with Gasteiger partial charge in [-0.25, -0.2) is 0 Å². The Hall–Kier alpha value is -1.57. The Bertz CT molecular complexity index is 434. The van der Waals surface area contributed by atoms with E-state index in [2.05, 4.69) is 18.2 Å². The molecule has 0 saturated heterocycles. The van der Waals surface area contributed by atoms with Gasteiger partial charge in [0.1, 0.15) is 5.75 Å². The predicted molar refractivity (Wildman–Crippen MR) is 56.7 cm³/mol.